The zero-order chi connectivity index (χ0) is 16.4. The predicted octanol–water partition coefficient (Wildman–Crippen LogP) is 3.17. The van der Waals surface area contributed by atoms with E-state index in [9.17, 15) is 10.1 Å². The van der Waals surface area contributed by atoms with Gasteiger partial charge in [-0.3, -0.25) is 4.79 Å². The first-order chi connectivity index (χ1) is 11.1. The van der Waals surface area contributed by atoms with Crippen molar-refractivity contribution in [3.8, 4) is 17.5 Å². The molecule has 0 amide bonds. The maximum atomic E-state index is 11.0. The van der Waals surface area contributed by atoms with Gasteiger partial charge >= 0.3 is 5.97 Å². The van der Waals surface area contributed by atoms with Crippen molar-refractivity contribution in [2.75, 3.05) is 18.0 Å². The molecule has 1 fully saturated rings. The molecule has 6 nitrogen and oxygen atoms in total. The van der Waals surface area contributed by atoms with E-state index >= 15 is 0 Å². The molecule has 1 N–H and O–H groups in total. The number of hydrogen-bond acceptors (Lipinski definition) is 5. The van der Waals surface area contributed by atoms with E-state index in [-0.39, 0.29) is 11.6 Å². The molecule has 0 spiro atoms. The Labute approximate surface area is 137 Å². The van der Waals surface area contributed by atoms with Crippen LogP contribution in [0, 0.1) is 17.2 Å². The van der Waals surface area contributed by atoms with Crippen molar-refractivity contribution in [3.05, 3.63) is 35.0 Å². The highest BCUT2D eigenvalue weighted by Gasteiger charge is 2.28. The summed E-state index contributed by atoms with van der Waals surface area (Å²) in [6.45, 7) is 1.05. The summed E-state index contributed by atoms with van der Waals surface area (Å²) in [7, 11) is 0. The molecule has 2 heterocycles. The lowest BCUT2D eigenvalue weighted by molar-refractivity contribution is -0.142. The van der Waals surface area contributed by atoms with Crippen LogP contribution in [0.25, 0.3) is 11.5 Å². The van der Waals surface area contributed by atoms with Crippen LogP contribution < -0.4 is 4.90 Å². The molecule has 7 heteroatoms. The SMILES string of the molecule is N#Cc1nc(-c2cccc(Cl)c2)oc1N1CCC(C(=O)O)CC1. The Morgan fingerprint density at radius 1 is 1.43 bits per heavy atom. The van der Waals surface area contributed by atoms with Gasteiger partial charge in [-0.25, -0.2) is 0 Å². The van der Waals surface area contributed by atoms with Gasteiger partial charge in [0.05, 0.1) is 5.92 Å². The van der Waals surface area contributed by atoms with Gasteiger partial charge in [0.1, 0.15) is 6.07 Å². The normalized spacial score (nSPS) is 15.4. The Bertz CT molecular complexity index is 773. The average molecular weight is 332 g/mol. The Balaban J connectivity index is 1.86. The minimum absolute atomic E-state index is 0.203. The number of nitriles is 1. The minimum Gasteiger partial charge on any atom is -0.481 e. The number of carbonyl (C=O) groups is 1. The van der Waals surface area contributed by atoms with Crippen molar-refractivity contribution < 1.29 is 14.3 Å². The van der Waals surface area contributed by atoms with Crippen LogP contribution in [0.2, 0.25) is 5.02 Å². The highest BCUT2D eigenvalue weighted by atomic mass is 35.5. The molecule has 1 aliphatic heterocycles. The van der Waals surface area contributed by atoms with Crippen molar-refractivity contribution in [1.82, 2.24) is 4.98 Å². The van der Waals surface area contributed by atoms with Crippen LogP contribution in [0.3, 0.4) is 0 Å². The van der Waals surface area contributed by atoms with Gasteiger partial charge in [0, 0.05) is 23.7 Å². The number of rotatable bonds is 3. The molecule has 3 rings (SSSR count). The maximum Gasteiger partial charge on any atom is 0.306 e. The fourth-order valence-corrected chi connectivity index (χ4v) is 2.86. The molecule has 0 aliphatic carbocycles. The van der Waals surface area contributed by atoms with Crippen molar-refractivity contribution in [1.29, 1.82) is 5.26 Å². The monoisotopic (exact) mass is 331 g/mol. The molecule has 1 aliphatic rings. The number of carboxylic acid groups (broad SMARTS) is 1. The number of anilines is 1. The van der Waals surface area contributed by atoms with Gasteiger partial charge in [0.15, 0.2) is 0 Å². The quantitative estimate of drug-likeness (QED) is 0.929. The van der Waals surface area contributed by atoms with E-state index in [1.54, 1.807) is 24.3 Å². The Morgan fingerprint density at radius 3 is 2.78 bits per heavy atom. The first-order valence-electron chi connectivity index (χ1n) is 7.23. The van der Waals surface area contributed by atoms with Gasteiger partial charge in [0.2, 0.25) is 17.5 Å². The first-order valence-corrected chi connectivity index (χ1v) is 7.61. The summed E-state index contributed by atoms with van der Waals surface area (Å²) in [5, 5.41) is 18.9. The van der Waals surface area contributed by atoms with E-state index in [0.717, 1.165) is 0 Å². The molecule has 0 atom stereocenters. The van der Waals surface area contributed by atoms with Crippen molar-refractivity contribution in [2.45, 2.75) is 12.8 Å². The van der Waals surface area contributed by atoms with Crippen LogP contribution in [-0.2, 0) is 4.79 Å². The van der Waals surface area contributed by atoms with Crippen molar-refractivity contribution in [3.63, 3.8) is 0 Å². The molecule has 0 bridgehead atoms. The van der Waals surface area contributed by atoms with Gasteiger partial charge < -0.3 is 14.4 Å². The van der Waals surface area contributed by atoms with Crippen LogP contribution in [-0.4, -0.2) is 29.1 Å². The maximum absolute atomic E-state index is 11.0. The van der Waals surface area contributed by atoms with E-state index in [1.165, 1.54) is 0 Å². The molecule has 1 saturated heterocycles. The third kappa shape index (κ3) is 3.15. The Hall–Kier alpha value is -2.52. The molecular weight excluding hydrogens is 318 g/mol. The Kier molecular flexibility index (Phi) is 4.22. The number of nitrogens with zero attached hydrogens (tertiary/aromatic N) is 3. The number of benzene rings is 1. The van der Waals surface area contributed by atoms with Gasteiger partial charge in [-0.2, -0.15) is 10.2 Å². The second-order valence-corrected chi connectivity index (χ2v) is 5.83. The largest absolute Gasteiger partial charge is 0.481 e. The second kappa shape index (κ2) is 6.31. The third-order valence-corrected chi connectivity index (χ3v) is 4.15. The lowest BCUT2D eigenvalue weighted by Gasteiger charge is -2.29. The van der Waals surface area contributed by atoms with E-state index in [0.29, 0.717) is 48.3 Å². The number of oxazole rings is 1. The van der Waals surface area contributed by atoms with Gasteiger partial charge in [0.25, 0.3) is 0 Å². The first kappa shape index (κ1) is 15.4. The summed E-state index contributed by atoms with van der Waals surface area (Å²) in [4.78, 5) is 17.1. The van der Waals surface area contributed by atoms with Crippen LogP contribution in [0.1, 0.15) is 18.5 Å². The zero-order valence-corrected chi connectivity index (χ0v) is 13.0. The topological polar surface area (TPSA) is 90.4 Å². The molecule has 0 radical (unpaired) electrons. The number of halogens is 1. The molecule has 2 aromatic rings. The lowest BCUT2D eigenvalue weighted by atomic mass is 9.97. The smallest absolute Gasteiger partial charge is 0.306 e. The molecule has 1 aromatic heterocycles. The highest BCUT2D eigenvalue weighted by molar-refractivity contribution is 6.30. The number of aromatic nitrogens is 1. The zero-order valence-electron chi connectivity index (χ0n) is 12.2. The molecule has 1 aromatic carbocycles. The molecule has 23 heavy (non-hydrogen) atoms. The summed E-state index contributed by atoms with van der Waals surface area (Å²) in [6, 6.07) is 9.09. The number of hydrogen-bond donors (Lipinski definition) is 1. The number of aliphatic carboxylic acids is 1. The fourth-order valence-electron chi connectivity index (χ4n) is 2.67. The average Bonchev–Trinajstić information content (AvgIpc) is 2.99. The summed E-state index contributed by atoms with van der Waals surface area (Å²) < 4.78 is 5.77. The van der Waals surface area contributed by atoms with E-state index < -0.39 is 5.97 Å². The highest BCUT2D eigenvalue weighted by Crippen LogP contribution is 2.31. The van der Waals surface area contributed by atoms with Crippen LogP contribution in [0.4, 0.5) is 5.88 Å². The molecular formula is C16H14ClN3O3. The predicted molar refractivity (Wildman–Crippen MR) is 84.2 cm³/mol. The van der Waals surface area contributed by atoms with E-state index in [4.69, 9.17) is 21.1 Å². The van der Waals surface area contributed by atoms with Crippen molar-refractivity contribution >= 4 is 23.5 Å². The number of carboxylic acids is 1. The van der Waals surface area contributed by atoms with E-state index in [1.807, 2.05) is 11.0 Å². The number of piperidine rings is 1. The molecule has 0 unspecified atom stereocenters. The van der Waals surface area contributed by atoms with Crippen LogP contribution in [0.5, 0.6) is 0 Å². The van der Waals surface area contributed by atoms with Gasteiger partial charge in [-0.15, -0.1) is 0 Å². The minimum atomic E-state index is -0.776. The summed E-state index contributed by atoms with van der Waals surface area (Å²) in [6.07, 6.45) is 1.04. The van der Waals surface area contributed by atoms with Crippen LogP contribution >= 0.6 is 11.6 Å². The van der Waals surface area contributed by atoms with E-state index in [2.05, 4.69) is 4.98 Å². The standard InChI is InChI=1S/C16H14ClN3O3/c17-12-3-1-2-11(8-12)14-19-13(9-18)15(23-14)20-6-4-10(5-7-20)16(21)22/h1-3,8,10H,4-7H2,(H,21,22). The van der Waals surface area contributed by atoms with Gasteiger partial charge in [-0.1, -0.05) is 17.7 Å². The Morgan fingerprint density at radius 2 is 2.17 bits per heavy atom. The summed E-state index contributed by atoms with van der Waals surface area (Å²) in [5.41, 5.74) is 0.898. The lowest BCUT2D eigenvalue weighted by Crippen LogP contribution is -2.36. The van der Waals surface area contributed by atoms with Gasteiger partial charge in [-0.05, 0) is 31.0 Å². The summed E-state index contributed by atoms with van der Waals surface area (Å²) >= 11 is 5.97. The third-order valence-electron chi connectivity index (χ3n) is 3.92. The summed E-state index contributed by atoms with van der Waals surface area (Å²) in [5.74, 6) is -0.389. The molecule has 118 valence electrons. The molecule has 0 saturated carbocycles. The van der Waals surface area contributed by atoms with Crippen LogP contribution in [0.15, 0.2) is 28.7 Å². The fraction of sp³-hybridized carbons (Fsp3) is 0.312. The second-order valence-electron chi connectivity index (χ2n) is 5.39. The van der Waals surface area contributed by atoms with Crippen molar-refractivity contribution in [2.24, 2.45) is 5.92 Å².